The van der Waals surface area contributed by atoms with Gasteiger partial charge in [-0.3, -0.25) is 9.59 Å². The van der Waals surface area contributed by atoms with Gasteiger partial charge >= 0.3 is 0 Å². The lowest BCUT2D eigenvalue weighted by Crippen LogP contribution is -2.46. The van der Waals surface area contributed by atoms with Crippen LogP contribution in [0.15, 0.2) is 36.4 Å². The SMILES string of the molecule is COc1ccc(CCCC(=O)N2CCC[C@H]2C(=O)NC(C#N)c2ccc(OC)c(OC)c2)cc1OC. The molecule has 1 aliphatic heterocycles. The number of rotatable bonds is 11. The number of methoxy groups -OCH3 is 4. The van der Waals surface area contributed by atoms with E-state index >= 15 is 0 Å². The van der Waals surface area contributed by atoms with Gasteiger partial charge in [-0.15, -0.1) is 0 Å². The van der Waals surface area contributed by atoms with Crippen molar-refractivity contribution >= 4 is 11.8 Å². The number of nitrogens with one attached hydrogen (secondary N) is 1. The molecule has 2 amide bonds. The van der Waals surface area contributed by atoms with Crippen molar-refractivity contribution in [3.8, 4) is 29.1 Å². The summed E-state index contributed by atoms with van der Waals surface area (Å²) in [5.74, 6) is 1.92. The van der Waals surface area contributed by atoms with Gasteiger partial charge < -0.3 is 29.2 Å². The fourth-order valence-corrected chi connectivity index (χ4v) is 4.42. The van der Waals surface area contributed by atoms with Crippen LogP contribution in [0.4, 0.5) is 0 Å². The van der Waals surface area contributed by atoms with Crippen LogP contribution in [0.1, 0.15) is 42.9 Å². The second-order valence-corrected chi connectivity index (χ2v) is 8.47. The van der Waals surface area contributed by atoms with Gasteiger partial charge in [-0.2, -0.15) is 5.26 Å². The van der Waals surface area contributed by atoms with Gasteiger partial charge in [0.1, 0.15) is 12.1 Å². The topological polar surface area (TPSA) is 110 Å². The highest BCUT2D eigenvalue weighted by Gasteiger charge is 2.34. The van der Waals surface area contributed by atoms with Crippen molar-refractivity contribution < 1.29 is 28.5 Å². The molecule has 1 heterocycles. The first-order valence-electron chi connectivity index (χ1n) is 11.9. The second-order valence-electron chi connectivity index (χ2n) is 8.47. The van der Waals surface area contributed by atoms with Crippen LogP contribution >= 0.6 is 0 Å². The van der Waals surface area contributed by atoms with Crippen molar-refractivity contribution in [2.24, 2.45) is 0 Å². The Morgan fingerprint density at radius 3 is 2.28 bits per heavy atom. The number of benzene rings is 2. The summed E-state index contributed by atoms with van der Waals surface area (Å²) in [5, 5.41) is 12.5. The first-order valence-corrected chi connectivity index (χ1v) is 11.9. The third-order valence-electron chi connectivity index (χ3n) is 6.34. The summed E-state index contributed by atoms with van der Waals surface area (Å²) < 4.78 is 21.2. The molecular weight excluding hydrogens is 462 g/mol. The Balaban J connectivity index is 1.59. The molecule has 9 heteroatoms. The standard InChI is InChI=1S/C27H33N3O6/c1-33-22-12-10-18(15-24(22)35-3)7-5-9-26(31)30-14-6-8-21(30)27(32)29-20(17-28)19-11-13-23(34-2)25(16-19)36-4/h10-13,15-16,20-21H,5-9,14H2,1-4H3,(H,29,32)/t20?,21-/m0/s1. The van der Waals surface area contributed by atoms with E-state index in [0.29, 0.717) is 60.8 Å². The van der Waals surface area contributed by atoms with Gasteiger partial charge in [0, 0.05) is 13.0 Å². The predicted molar refractivity (Wildman–Crippen MR) is 133 cm³/mol. The number of aryl methyl sites for hydroxylation is 1. The van der Waals surface area contributed by atoms with Crippen LogP contribution in [-0.2, 0) is 16.0 Å². The van der Waals surface area contributed by atoms with Gasteiger partial charge in [0.15, 0.2) is 23.0 Å². The molecule has 2 atom stereocenters. The molecule has 0 bridgehead atoms. The molecule has 0 spiro atoms. The van der Waals surface area contributed by atoms with E-state index in [-0.39, 0.29) is 11.8 Å². The average Bonchev–Trinajstić information content (AvgIpc) is 3.41. The highest BCUT2D eigenvalue weighted by atomic mass is 16.5. The normalized spacial score (nSPS) is 15.5. The Labute approximate surface area is 211 Å². The van der Waals surface area contributed by atoms with Crippen LogP contribution in [0, 0.1) is 11.3 Å². The highest BCUT2D eigenvalue weighted by molar-refractivity contribution is 5.88. The minimum atomic E-state index is -0.875. The Morgan fingerprint density at radius 2 is 1.64 bits per heavy atom. The summed E-state index contributed by atoms with van der Waals surface area (Å²) in [6, 6.07) is 11.4. The van der Waals surface area contributed by atoms with Gasteiger partial charge in [0.25, 0.3) is 0 Å². The summed E-state index contributed by atoms with van der Waals surface area (Å²) in [4.78, 5) is 27.7. The van der Waals surface area contributed by atoms with Crippen LogP contribution in [-0.4, -0.2) is 57.7 Å². The lowest BCUT2D eigenvalue weighted by atomic mass is 10.1. The lowest BCUT2D eigenvalue weighted by molar-refractivity contribution is -0.138. The van der Waals surface area contributed by atoms with Crippen molar-refractivity contribution in [3.63, 3.8) is 0 Å². The van der Waals surface area contributed by atoms with E-state index in [0.717, 1.165) is 12.0 Å². The monoisotopic (exact) mass is 495 g/mol. The first-order chi connectivity index (χ1) is 17.4. The first kappa shape index (κ1) is 26.7. The maximum absolute atomic E-state index is 13.1. The fraction of sp³-hybridized carbons (Fsp3) is 0.444. The zero-order valence-electron chi connectivity index (χ0n) is 21.2. The average molecular weight is 496 g/mol. The van der Waals surface area contributed by atoms with E-state index in [1.165, 1.54) is 14.2 Å². The molecule has 3 rings (SSSR count). The molecule has 0 aromatic heterocycles. The summed E-state index contributed by atoms with van der Waals surface area (Å²) >= 11 is 0. The Kier molecular flexibility index (Phi) is 9.39. The van der Waals surface area contributed by atoms with Gasteiger partial charge in [-0.25, -0.2) is 0 Å². The Morgan fingerprint density at radius 1 is 1.00 bits per heavy atom. The number of nitriles is 1. The number of likely N-dealkylation sites (tertiary alicyclic amines) is 1. The van der Waals surface area contributed by atoms with E-state index in [4.69, 9.17) is 18.9 Å². The summed E-state index contributed by atoms with van der Waals surface area (Å²) in [5.41, 5.74) is 1.62. The van der Waals surface area contributed by atoms with Crippen LogP contribution in [0.5, 0.6) is 23.0 Å². The van der Waals surface area contributed by atoms with Crippen molar-refractivity contribution in [1.29, 1.82) is 5.26 Å². The molecule has 1 unspecified atom stereocenters. The molecule has 36 heavy (non-hydrogen) atoms. The van der Waals surface area contributed by atoms with Crippen molar-refractivity contribution in [3.05, 3.63) is 47.5 Å². The van der Waals surface area contributed by atoms with Crippen molar-refractivity contribution in [2.45, 2.75) is 44.2 Å². The van der Waals surface area contributed by atoms with E-state index < -0.39 is 12.1 Å². The van der Waals surface area contributed by atoms with Crippen LogP contribution in [0.25, 0.3) is 0 Å². The minimum Gasteiger partial charge on any atom is -0.493 e. The smallest absolute Gasteiger partial charge is 0.244 e. The number of hydrogen-bond acceptors (Lipinski definition) is 7. The van der Waals surface area contributed by atoms with E-state index in [1.807, 2.05) is 18.2 Å². The third kappa shape index (κ3) is 6.19. The molecule has 9 nitrogen and oxygen atoms in total. The van der Waals surface area contributed by atoms with E-state index in [9.17, 15) is 14.9 Å². The molecule has 0 saturated carbocycles. The highest BCUT2D eigenvalue weighted by Crippen LogP contribution is 2.31. The predicted octanol–water partition coefficient (Wildman–Crippen LogP) is 3.42. The summed E-state index contributed by atoms with van der Waals surface area (Å²) in [6.45, 7) is 0.529. The van der Waals surface area contributed by atoms with Gasteiger partial charge in [0.2, 0.25) is 11.8 Å². The molecule has 0 aliphatic carbocycles. The molecule has 2 aromatic carbocycles. The quantitative estimate of drug-likeness (QED) is 0.509. The summed E-state index contributed by atoms with van der Waals surface area (Å²) in [7, 11) is 6.21. The molecule has 0 radical (unpaired) electrons. The maximum Gasteiger partial charge on any atom is 0.244 e. The molecular formula is C27H33N3O6. The largest absolute Gasteiger partial charge is 0.493 e. The molecule has 1 saturated heterocycles. The molecule has 1 aliphatic rings. The third-order valence-corrected chi connectivity index (χ3v) is 6.34. The second kappa shape index (κ2) is 12.7. The number of carbonyl (C=O) groups excluding carboxylic acids is 2. The van der Waals surface area contributed by atoms with Gasteiger partial charge in [-0.05, 0) is 61.1 Å². The lowest BCUT2D eigenvalue weighted by Gasteiger charge is -2.25. The molecule has 1 N–H and O–H groups in total. The van der Waals surface area contributed by atoms with E-state index in [1.54, 1.807) is 37.3 Å². The number of nitrogens with zero attached hydrogens (tertiary/aromatic N) is 2. The van der Waals surface area contributed by atoms with Crippen molar-refractivity contribution in [2.75, 3.05) is 35.0 Å². The minimum absolute atomic E-state index is 0.0623. The number of ether oxygens (including phenoxy) is 4. The molecule has 2 aromatic rings. The number of amides is 2. The van der Waals surface area contributed by atoms with Gasteiger partial charge in [-0.1, -0.05) is 12.1 Å². The van der Waals surface area contributed by atoms with E-state index in [2.05, 4.69) is 11.4 Å². The summed E-state index contributed by atoms with van der Waals surface area (Å²) in [6.07, 6.45) is 2.98. The maximum atomic E-state index is 13.1. The zero-order chi connectivity index (χ0) is 26.1. The van der Waals surface area contributed by atoms with Crippen LogP contribution in [0.3, 0.4) is 0 Å². The molecule has 192 valence electrons. The Hall–Kier alpha value is -3.93. The number of carbonyl (C=O) groups is 2. The van der Waals surface area contributed by atoms with Gasteiger partial charge in [0.05, 0.1) is 34.5 Å². The molecule has 1 fully saturated rings. The number of hydrogen-bond donors (Lipinski definition) is 1. The zero-order valence-corrected chi connectivity index (χ0v) is 21.2. The van der Waals surface area contributed by atoms with Crippen molar-refractivity contribution in [1.82, 2.24) is 10.2 Å². The Bertz CT molecular complexity index is 1110. The van der Waals surface area contributed by atoms with Crippen LogP contribution in [0.2, 0.25) is 0 Å². The van der Waals surface area contributed by atoms with Crippen LogP contribution < -0.4 is 24.3 Å². The fourth-order valence-electron chi connectivity index (χ4n) is 4.42.